The van der Waals surface area contributed by atoms with Gasteiger partial charge in [0.2, 0.25) is 0 Å². The Bertz CT molecular complexity index is 1310. The second-order valence-corrected chi connectivity index (χ2v) is 8.85. The van der Waals surface area contributed by atoms with Gasteiger partial charge in [0.05, 0.1) is 19.5 Å². The first-order valence-corrected chi connectivity index (χ1v) is 11.6. The van der Waals surface area contributed by atoms with Crippen molar-refractivity contribution in [2.45, 2.75) is 6.54 Å². The Hall–Kier alpha value is -3.89. The van der Waals surface area contributed by atoms with Crippen molar-refractivity contribution in [2.24, 2.45) is 0 Å². The number of benzene rings is 2. The van der Waals surface area contributed by atoms with E-state index in [0.29, 0.717) is 59.3 Å². The van der Waals surface area contributed by atoms with E-state index in [-0.39, 0.29) is 13.1 Å². The van der Waals surface area contributed by atoms with Gasteiger partial charge >= 0.3 is 0 Å². The van der Waals surface area contributed by atoms with Crippen molar-refractivity contribution < 1.29 is 23.9 Å². The summed E-state index contributed by atoms with van der Waals surface area (Å²) in [6, 6.07) is 6.39. The van der Waals surface area contributed by atoms with Crippen LogP contribution in [0.4, 0.5) is 0 Å². The van der Waals surface area contributed by atoms with E-state index in [1.54, 1.807) is 47.6 Å². The first-order valence-electron chi connectivity index (χ1n) is 11.6. The van der Waals surface area contributed by atoms with E-state index < -0.39 is 23.6 Å². The van der Waals surface area contributed by atoms with Crippen molar-refractivity contribution in [3.63, 3.8) is 0 Å². The van der Waals surface area contributed by atoms with Gasteiger partial charge in [-0.3, -0.25) is 33.9 Å². The summed E-state index contributed by atoms with van der Waals surface area (Å²) in [6.45, 7) is 4.23. The molecule has 4 amide bonds. The molecule has 0 unspecified atom stereocenters. The van der Waals surface area contributed by atoms with Crippen LogP contribution in [0.5, 0.6) is 0 Å². The summed E-state index contributed by atoms with van der Waals surface area (Å²) in [6.07, 6.45) is 5.02. The molecule has 0 bridgehead atoms. The lowest BCUT2D eigenvalue weighted by Gasteiger charge is -2.33. The third-order valence-electron chi connectivity index (χ3n) is 6.95. The molecule has 0 radical (unpaired) electrons. The van der Waals surface area contributed by atoms with E-state index in [1.807, 2.05) is 0 Å². The predicted molar refractivity (Wildman–Crippen MR) is 124 cm³/mol. The molecule has 1 saturated heterocycles. The molecular weight excluding hydrogens is 450 g/mol. The second-order valence-electron chi connectivity index (χ2n) is 8.85. The number of rotatable bonds is 6. The van der Waals surface area contributed by atoms with Crippen LogP contribution in [-0.2, 0) is 11.3 Å². The van der Waals surface area contributed by atoms with Crippen LogP contribution in [0.2, 0.25) is 0 Å². The quantitative estimate of drug-likeness (QED) is 0.497. The lowest BCUT2D eigenvalue weighted by molar-refractivity contribution is 0.0315. The number of hydrogen-bond donors (Lipinski definition) is 0. The zero-order chi connectivity index (χ0) is 24.1. The fraction of sp³-hybridized carbons (Fsp3) is 0.320. The second kappa shape index (κ2) is 8.40. The van der Waals surface area contributed by atoms with Crippen LogP contribution in [0.3, 0.4) is 0 Å². The van der Waals surface area contributed by atoms with Crippen molar-refractivity contribution in [1.29, 1.82) is 0 Å². The van der Waals surface area contributed by atoms with Gasteiger partial charge in [0.15, 0.2) is 0 Å². The molecule has 1 fully saturated rings. The molecule has 0 aliphatic carbocycles. The molecule has 4 heterocycles. The minimum Gasteiger partial charge on any atom is -0.379 e. The smallest absolute Gasteiger partial charge is 0.261 e. The van der Waals surface area contributed by atoms with Crippen LogP contribution in [0.15, 0.2) is 43.0 Å². The van der Waals surface area contributed by atoms with E-state index in [1.165, 1.54) is 9.80 Å². The van der Waals surface area contributed by atoms with E-state index in [2.05, 4.69) is 9.88 Å². The van der Waals surface area contributed by atoms with Gasteiger partial charge in [-0.1, -0.05) is 0 Å². The normalized spacial score (nSPS) is 18.2. The highest BCUT2D eigenvalue weighted by Gasteiger charge is 2.39. The number of imidazole rings is 1. The molecular formula is C25H23N5O5. The average molecular weight is 473 g/mol. The van der Waals surface area contributed by atoms with Gasteiger partial charge in [-0.15, -0.1) is 0 Å². The number of amides is 4. The summed E-state index contributed by atoms with van der Waals surface area (Å²) >= 11 is 0. The van der Waals surface area contributed by atoms with E-state index in [4.69, 9.17) is 4.74 Å². The van der Waals surface area contributed by atoms with E-state index in [9.17, 15) is 19.2 Å². The SMILES string of the molecule is O=C1c2ccc3c4c(ccc(c24)C(=O)N1CCN1CCOCC1)C(=O)N(CCn1ccnc1)C3=O. The summed E-state index contributed by atoms with van der Waals surface area (Å²) in [5.74, 6) is -1.66. The van der Waals surface area contributed by atoms with Crippen LogP contribution in [0.25, 0.3) is 10.8 Å². The molecule has 0 saturated carbocycles. The summed E-state index contributed by atoms with van der Waals surface area (Å²) in [4.78, 5) is 61.9. The number of aromatic nitrogens is 2. The van der Waals surface area contributed by atoms with Gasteiger partial charge in [0, 0.05) is 84.7 Å². The van der Waals surface area contributed by atoms with Gasteiger partial charge in [-0.2, -0.15) is 0 Å². The maximum atomic E-state index is 13.3. The summed E-state index contributed by atoms with van der Waals surface area (Å²) < 4.78 is 7.16. The molecule has 35 heavy (non-hydrogen) atoms. The molecule has 3 aromatic rings. The average Bonchev–Trinajstić information content (AvgIpc) is 3.40. The predicted octanol–water partition coefficient (Wildman–Crippen LogP) is 1.26. The Balaban J connectivity index is 1.34. The number of hydrogen-bond acceptors (Lipinski definition) is 7. The van der Waals surface area contributed by atoms with Crippen molar-refractivity contribution in [3.05, 3.63) is 65.2 Å². The summed E-state index contributed by atoms with van der Waals surface area (Å²) in [5.41, 5.74) is 1.34. The number of ether oxygens (including phenoxy) is 1. The maximum Gasteiger partial charge on any atom is 0.261 e. The van der Waals surface area contributed by atoms with E-state index in [0.717, 1.165) is 13.1 Å². The number of carbonyl (C=O) groups is 4. The van der Waals surface area contributed by atoms with Crippen LogP contribution in [0, 0.1) is 0 Å². The van der Waals surface area contributed by atoms with Crippen molar-refractivity contribution in [3.8, 4) is 0 Å². The Morgan fingerprint density at radius 1 is 0.686 bits per heavy atom. The highest BCUT2D eigenvalue weighted by molar-refractivity contribution is 6.33. The van der Waals surface area contributed by atoms with Crippen LogP contribution in [0.1, 0.15) is 41.4 Å². The molecule has 1 aromatic heterocycles. The highest BCUT2D eigenvalue weighted by atomic mass is 16.5. The van der Waals surface area contributed by atoms with Gasteiger partial charge < -0.3 is 9.30 Å². The molecule has 6 rings (SSSR count). The summed E-state index contributed by atoms with van der Waals surface area (Å²) in [5, 5.41) is 0.789. The lowest BCUT2D eigenvalue weighted by Crippen LogP contribution is -2.47. The minimum absolute atomic E-state index is 0.186. The molecule has 0 N–H and O–H groups in total. The fourth-order valence-electron chi connectivity index (χ4n) is 5.08. The van der Waals surface area contributed by atoms with Crippen molar-refractivity contribution >= 4 is 34.4 Å². The standard InChI is InChI=1S/C25H23N5O5/c31-22-16-1-3-18-21-19(25(34)30(24(18)33)10-8-28-6-5-26-15-28)4-2-17(20(16)21)23(32)29(22)9-7-27-11-13-35-14-12-27/h1-6,15H,7-14H2. The van der Waals surface area contributed by atoms with Crippen molar-refractivity contribution in [1.82, 2.24) is 24.3 Å². The number of morpholine rings is 1. The molecule has 2 aromatic carbocycles. The summed E-state index contributed by atoms with van der Waals surface area (Å²) in [7, 11) is 0. The molecule has 3 aliphatic rings. The third-order valence-corrected chi connectivity index (χ3v) is 6.95. The Morgan fingerprint density at radius 2 is 1.17 bits per heavy atom. The number of nitrogens with zero attached hydrogens (tertiary/aromatic N) is 5. The molecule has 10 nitrogen and oxygen atoms in total. The van der Waals surface area contributed by atoms with Crippen molar-refractivity contribution in [2.75, 3.05) is 45.9 Å². The highest BCUT2D eigenvalue weighted by Crippen LogP contribution is 2.37. The Morgan fingerprint density at radius 3 is 1.63 bits per heavy atom. The molecule has 178 valence electrons. The maximum absolute atomic E-state index is 13.3. The zero-order valence-electron chi connectivity index (χ0n) is 19.0. The lowest BCUT2D eigenvalue weighted by atomic mass is 9.86. The first kappa shape index (κ1) is 21.6. The first-order chi connectivity index (χ1) is 17.0. The zero-order valence-corrected chi connectivity index (χ0v) is 19.0. The van der Waals surface area contributed by atoms with E-state index >= 15 is 0 Å². The van der Waals surface area contributed by atoms with Gasteiger partial charge in [-0.25, -0.2) is 4.98 Å². The van der Waals surface area contributed by atoms with Gasteiger partial charge in [0.1, 0.15) is 0 Å². The topological polar surface area (TPSA) is 105 Å². The molecule has 10 heteroatoms. The molecule has 0 atom stereocenters. The molecule has 0 spiro atoms. The third kappa shape index (κ3) is 3.44. The largest absolute Gasteiger partial charge is 0.379 e. The fourth-order valence-corrected chi connectivity index (χ4v) is 5.08. The number of carbonyl (C=O) groups excluding carboxylic acids is 4. The van der Waals surface area contributed by atoms with Crippen LogP contribution >= 0.6 is 0 Å². The minimum atomic E-state index is -0.430. The molecule has 3 aliphatic heterocycles. The van der Waals surface area contributed by atoms with Crippen LogP contribution < -0.4 is 0 Å². The van der Waals surface area contributed by atoms with Crippen LogP contribution in [-0.4, -0.2) is 93.8 Å². The van der Waals surface area contributed by atoms with Gasteiger partial charge in [-0.05, 0) is 24.3 Å². The Kier molecular flexibility index (Phi) is 5.19. The number of imide groups is 2. The van der Waals surface area contributed by atoms with Gasteiger partial charge in [0.25, 0.3) is 23.6 Å². The Labute approximate surface area is 200 Å². The monoisotopic (exact) mass is 473 g/mol.